The lowest BCUT2D eigenvalue weighted by atomic mass is 10.0. The van der Waals surface area contributed by atoms with E-state index in [4.69, 9.17) is 18.9 Å². The fourth-order valence-electron chi connectivity index (χ4n) is 4.69. The zero-order valence-electron chi connectivity index (χ0n) is 27.1. The molecule has 0 saturated carbocycles. The number of alkyl carbamates (subject to hydrolysis) is 1. The third kappa shape index (κ3) is 13.1. The number of nitrogens with zero attached hydrogens (tertiary/aromatic N) is 1. The summed E-state index contributed by atoms with van der Waals surface area (Å²) in [5.41, 5.74) is 1.21. The number of benzene rings is 1. The molecule has 258 valence electrons. The van der Waals surface area contributed by atoms with Gasteiger partial charge in [0, 0.05) is 44.5 Å². The molecule has 2 aliphatic rings. The second-order valence-electron chi connectivity index (χ2n) is 11.5. The van der Waals surface area contributed by atoms with Crippen LogP contribution in [0.2, 0.25) is 0 Å². The number of nitrogens with one attached hydrogen (secondary N) is 4. The number of methoxy groups -OCH3 is 1. The van der Waals surface area contributed by atoms with Crippen LogP contribution in [-0.2, 0) is 49.5 Å². The molecule has 0 aromatic heterocycles. The number of amides is 6. The fourth-order valence-corrected chi connectivity index (χ4v) is 4.69. The van der Waals surface area contributed by atoms with E-state index >= 15 is 0 Å². The van der Waals surface area contributed by atoms with Gasteiger partial charge in [-0.2, -0.15) is 0 Å². The molecular weight excluding hydrogens is 614 g/mol. The van der Waals surface area contributed by atoms with E-state index in [0.29, 0.717) is 63.2 Å². The van der Waals surface area contributed by atoms with Crippen LogP contribution in [0.25, 0.3) is 0 Å². The Balaban J connectivity index is 1.28. The lowest BCUT2D eigenvalue weighted by Gasteiger charge is -2.28. The number of carbonyl (C=O) groups is 6. The van der Waals surface area contributed by atoms with Gasteiger partial charge in [0.15, 0.2) is 6.29 Å². The van der Waals surface area contributed by atoms with Gasteiger partial charge >= 0.3 is 6.09 Å². The topological polar surface area (TPSA) is 191 Å². The molecule has 6 amide bonds. The van der Waals surface area contributed by atoms with E-state index in [0.717, 1.165) is 4.90 Å². The molecule has 2 unspecified atom stereocenters. The molecule has 1 aromatic carbocycles. The van der Waals surface area contributed by atoms with Crippen molar-refractivity contribution in [3.05, 3.63) is 42.0 Å². The van der Waals surface area contributed by atoms with Gasteiger partial charge in [0.05, 0.1) is 25.9 Å². The van der Waals surface area contributed by atoms with E-state index in [9.17, 15) is 28.8 Å². The van der Waals surface area contributed by atoms with E-state index in [1.54, 1.807) is 45.2 Å². The molecule has 3 rings (SSSR count). The van der Waals surface area contributed by atoms with Crippen LogP contribution in [0.1, 0.15) is 51.5 Å². The van der Waals surface area contributed by atoms with Crippen LogP contribution in [0.4, 0.5) is 10.5 Å². The number of rotatable bonds is 18. The lowest BCUT2D eigenvalue weighted by Crippen LogP contribution is -2.51. The molecule has 0 radical (unpaired) electrons. The summed E-state index contributed by atoms with van der Waals surface area (Å²) in [7, 11) is 1.55. The normalized spacial score (nSPS) is 18.2. The van der Waals surface area contributed by atoms with E-state index in [-0.39, 0.29) is 55.6 Å². The van der Waals surface area contributed by atoms with E-state index in [1.165, 1.54) is 12.2 Å². The molecule has 0 aliphatic carbocycles. The summed E-state index contributed by atoms with van der Waals surface area (Å²) in [5, 5.41) is 10.7. The van der Waals surface area contributed by atoms with Crippen LogP contribution in [-0.4, -0.2) is 98.9 Å². The Morgan fingerprint density at radius 3 is 2.30 bits per heavy atom. The Kier molecular flexibility index (Phi) is 15.3. The van der Waals surface area contributed by atoms with Crippen molar-refractivity contribution in [3.8, 4) is 0 Å². The molecule has 1 aromatic rings. The maximum absolute atomic E-state index is 12.8. The predicted octanol–water partition coefficient (Wildman–Crippen LogP) is 1.37. The summed E-state index contributed by atoms with van der Waals surface area (Å²) in [6, 6.07) is 5.88. The smallest absolute Gasteiger partial charge is 0.407 e. The fraction of sp³-hybridized carbons (Fsp3) is 0.562. The Hall–Kier alpha value is -4.34. The van der Waals surface area contributed by atoms with Crippen molar-refractivity contribution in [3.63, 3.8) is 0 Å². The second kappa shape index (κ2) is 19.4. The lowest BCUT2D eigenvalue weighted by molar-refractivity contribution is -0.224. The molecule has 2 aliphatic heterocycles. The molecule has 4 N–H and O–H groups in total. The average Bonchev–Trinajstić information content (AvgIpc) is 3.38. The van der Waals surface area contributed by atoms with Crippen LogP contribution < -0.4 is 21.3 Å². The first-order chi connectivity index (χ1) is 22.5. The van der Waals surface area contributed by atoms with Crippen LogP contribution >= 0.6 is 0 Å². The average molecular weight is 660 g/mol. The van der Waals surface area contributed by atoms with Gasteiger partial charge in [-0.15, -0.1) is 0 Å². The Bertz CT molecular complexity index is 1240. The van der Waals surface area contributed by atoms with Gasteiger partial charge in [-0.05, 0) is 42.9 Å². The first-order valence-corrected chi connectivity index (χ1v) is 15.7. The van der Waals surface area contributed by atoms with E-state index in [1.807, 2.05) is 0 Å². The number of carbonyl (C=O) groups excluding carboxylic acids is 6. The van der Waals surface area contributed by atoms with Crippen molar-refractivity contribution in [2.24, 2.45) is 5.92 Å². The van der Waals surface area contributed by atoms with Crippen LogP contribution in [0, 0.1) is 5.92 Å². The molecule has 15 heteroatoms. The van der Waals surface area contributed by atoms with Crippen molar-refractivity contribution < 1.29 is 47.7 Å². The van der Waals surface area contributed by atoms with Gasteiger partial charge in [-0.1, -0.05) is 32.4 Å². The zero-order valence-corrected chi connectivity index (χ0v) is 27.1. The Morgan fingerprint density at radius 1 is 0.936 bits per heavy atom. The minimum atomic E-state index is -0.823. The summed E-state index contributed by atoms with van der Waals surface area (Å²) in [6.45, 7) is 4.71. The highest BCUT2D eigenvalue weighted by molar-refractivity contribution is 6.12. The monoisotopic (exact) mass is 659 g/mol. The van der Waals surface area contributed by atoms with Crippen molar-refractivity contribution in [2.45, 2.75) is 71.0 Å². The number of hydrogen-bond acceptors (Lipinski definition) is 10. The first-order valence-electron chi connectivity index (χ1n) is 15.7. The molecule has 1 fully saturated rings. The number of hydrogen-bond donors (Lipinski definition) is 4. The standard InChI is InChI=1S/C32H45N5O10/c1-21(2)30(36-25(38)7-5-4-6-16-37-27(40)12-13-28(37)41)31(42)34-17-26(39)35-23-10-8-22(9-11-23)18-47-32(43)33-15-14-24-19-46-29(44-3)20-45-24/h8-13,21,24,29-30H,4-7,14-20H2,1-3H3,(H,33,43)(H,34,42)(H,35,39)(H,36,38)/t24?,29-,30?/m1/s1. The molecule has 47 heavy (non-hydrogen) atoms. The van der Waals surface area contributed by atoms with Crippen molar-refractivity contribution in [2.75, 3.05) is 45.3 Å². The number of unbranched alkanes of at least 4 members (excludes halogenated alkanes) is 2. The van der Waals surface area contributed by atoms with Crippen molar-refractivity contribution in [1.82, 2.24) is 20.9 Å². The molecule has 0 spiro atoms. The highest BCUT2D eigenvalue weighted by atomic mass is 16.7. The summed E-state index contributed by atoms with van der Waals surface area (Å²) in [5.74, 6) is -2.11. The first kappa shape index (κ1) is 37.1. The molecule has 15 nitrogen and oxygen atoms in total. The zero-order chi connectivity index (χ0) is 34.2. The summed E-state index contributed by atoms with van der Waals surface area (Å²) < 4.78 is 21.3. The molecule has 1 saturated heterocycles. The van der Waals surface area contributed by atoms with Crippen molar-refractivity contribution in [1.29, 1.82) is 0 Å². The van der Waals surface area contributed by atoms with Gasteiger partial charge in [0.2, 0.25) is 17.7 Å². The van der Waals surface area contributed by atoms with Gasteiger partial charge in [-0.3, -0.25) is 28.9 Å². The van der Waals surface area contributed by atoms with Crippen LogP contribution in [0.15, 0.2) is 36.4 Å². The summed E-state index contributed by atoms with van der Waals surface area (Å²) in [6.07, 6.45) is 3.92. The number of anilines is 1. The number of imide groups is 1. The second-order valence-corrected chi connectivity index (χ2v) is 11.5. The molecular formula is C32H45N5O10. The summed E-state index contributed by atoms with van der Waals surface area (Å²) >= 11 is 0. The highest BCUT2D eigenvalue weighted by Gasteiger charge is 2.25. The predicted molar refractivity (Wildman–Crippen MR) is 168 cm³/mol. The third-order valence-electron chi connectivity index (χ3n) is 7.42. The highest BCUT2D eigenvalue weighted by Crippen LogP contribution is 2.12. The van der Waals surface area contributed by atoms with E-state index in [2.05, 4.69) is 21.3 Å². The van der Waals surface area contributed by atoms with Crippen LogP contribution in [0.3, 0.4) is 0 Å². The minimum absolute atomic E-state index is 0.0370. The molecule has 3 atom stereocenters. The van der Waals surface area contributed by atoms with Gasteiger partial charge < -0.3 is 40.2 Å². The largest absolute Gasteiger partial charge is 0.445 e. The third-order valence-corrected chi connectivity index (χ3v) is 7.42. The van der Waals surface area contributed by atoms with Crippen molar-refractivity contribution >= 4 is 41.3 Å². The van der Waals surface area contributed by atoms with Crippen LogP contribution in [0.5, 0.6) is 0 Å². The molecule has 2 heterocycles. The van der Waals surface area contributed by atoms with Gasteiger partial charge in [0.1, 0.15) is 12.6 Å². The maximum Gasteiger partial charge on any atom is 0.407 e. The summed E-state index contributed by atoms with van der Waals surface area (Å²) in [4.78, 5) is 74.0. The van der Waals surface area contributed by atoms with Gasteiger partial charge in [-0.25, -0.2) is 4.79 Å². The van der Waals surface area contributed by atoms with Gasteiger partial charge in [0.25, 0.3) is 11.8 Å². The van der Waals surface area contributed by atoms with E-state index < -0.39 is 23.9 Å². The maximum atomic E-state index is 12.8. The molecule has 0 bridgehead atoms. The Morgan fingerprint density at radius 2 is 1.66 bits per heavy atom. The number of ether oxygens (including phenoxy) is 4. The Labute approximate surface area is 274 Å². The SMILES string of the molecule is CO[C@H]1COC(CCNC(=O)OCc2ccc(NC(=O)CNC(=O)C(NC(=O)CCCCCN3C(=O)C=CC3=O)C(C)C)cc2)CO1. The quantitative estimate of drug-likeness (QED) is 0.132. The minimum Gasteiger partial charge on any atom is -0.445 e.